The van der Waals surface area contributed by atoms with E-state index in [-0.39, 0.29) is 5.91 Å². The van der Waals surface area contributed by atoms with Crippen LogP contribution in [0.15, 0.2) is 42.9 Å². The lowest BCUT2D eigenvalue weighted by atomic mass is 10.2. The van der Waals surface area contributed by atoms with Gasteiger partial charge in [-0.1, -0.05) is 0 Å². The van der Waals surface area contributed by atoms with Crippen LogP contribution >= 0.6 is 0 Å². The average Bonchev–Trinajstić information content (AvgIpc) is 2.40. The second-order valence-electron chi connectivity index (χ2n) is 3.44. The first kappa shape index (κ1) is 11.2. The van der Waals surface area contributed by atoms with Crippen molar-refractivity contribution in [3.8, 4) is 0 Å². The predicted molar refractivity (Wildman–Crippen MR) is 64.3 cm³/mol. The van der Waals surface area contributed by atoms with E-state index >= 15 is 0 Å². The highest BCUT2D eigenvalue weighted by Gasteiger charge is 2.06. The van der Waals surface area contributed by atoms with Crippen LogP contribution in [0.5, 0.6) is 0 Å². The van der Waals surface area contributed by atoms with Crippen LogP contribution in [0, 0.1) is 0 Å². The number of nitrogens with two attached hydrogens (primary N) is 1. The smallest absolute Gasteiger partial charge is 0.256 e. The Hall–Kier alpha value is -2.27. The molecule has 2 heterocycles. The quantitative estimate of drug-likeness (QED) is 0.826. The highest BCUT2D eigenvalue weighted by atomic mass is 16.1. The van der Waals surface area contributed by atoms with Crippen molar-refractivity contribution in [2.24, 2.45) is 5.73 Å². The molecule has 0 saturated carbocycles. The maximum atomic E-state index is 11.8. The highest BCUT2D eigenvalue weighted by Crippen LogP contribution is 2.08. The molecule has 0 aliphatic rings. The van der Waals surface area contributed by atoms with Gasteiger partial charge < -0.3 is 11.1 Å². The fraction of sp³-hybridized carbons (Fsp3) is 0.0833. The minimum atomic E-state index is -0.214. The summed E-state index contributed by atoms with van der Waals surface area (Å²) in [6, 6.07) is 6.84. The summed E-state index contributed by atoms with van der Waals surface area (Å²) in [5, 5.41) is 2.70. The molecule has 0 saturated heterocycles. The van der Waals surface area contributed by atoms with Gasteiger partial charge in [0, 0.05) is 30.7 Å². The van der Waals surface area contributed by atoms with E-state index in [1.54, 1.807) is 36.8 Å². The van der Waals surface area contributed by atoms with Crippen LogP contribution in [0.4, 0.5) is 5.82 Å². The van der Waals surface area contributed by atoms with E-state index in [0.717, 1.165) is 5.56 Å². The number of aromatic nitrogens is 2. The molecule has 2 aromatic rings. The largest absolute Gasteiger partial charge is 0.326 e. The van der Waals surface area contributed by atoms with Gasteiger partial charge in [0.25, 0.3) is 5.91 Å². The minimum absolute atomic E-state index is 0.214. The number of hydrogen-bond donors (Lipinski definition) is 2. The summed E-state index contributed by atoms with van der Waals surface area (Å²) in [4.78, 5) is 19.7. The number of nitrogens with zero attached hydrogens (tertiary/aromatic N) is 2. The third-order valence-corrected chi connectivity index (χ3v) is 2.24. The maximum Gasteiger partial charge on any atom is 0.256 e. The van der Waals surface area contributed by atoms with Gasteiger partial charge in [-0.05, 0) is 29.8 Å². The molecule has 17 heavy (non-hydrogen) atoms. The zero-order valence-electron chi connectivity index (χ0n) is 9.13. The Morgan fingerprint density at radius 2 is 2.00 bits per heavy atom. The lowest BCUT2D eigenvalue weighted by molar-refractivity contribution is 0.102. The lowest BCUT2D eigenvalue weighted by Gasteiger charge is -2.05. The monoisotopic (exact) mass is 228 g/mol. The summed E-state index contributed by atoms with van der Waals surface area (Å²) in [5.41, 5.74) is 6.97. The van der Waals surface area contributed by atoms with Gasteiger partial charge in [0.05, 0.1) is 0 Å². The summed E-state index contributed by atoms with van der Waals surface area (Å²) in [6.45, 7) is 0.417. The number of carbonyl (C=O) groups is 1. The summed E-state index contributed by atoms with van der Waals surface area (Å²) < 4.78 is 0. The van der Waals surface area contributed by atoms with Gasteiger partial charge in [-0.15, -0.1) is 0 Å². The Kier molecular flexibility index (Phi) is 3.42. The Morgan fingerprint density at radius 1 is 1.24 bits per heavy atom. The first-order valence-corrected chi connectivity index (χ1v) is 5.16. The Bertz CT molecular complexity index is 513. The molecule has 5 heteroatoms. The number of hydrogen-bond acceptors (Lipinski definition) is 4. The van der Waals surface area contributed by atoms with Gasteiger partial charge in [-0.25, -0.2) is 4.98 Å². The molecule has 0 unspecified atom stereocenters. The van der Waals surface area contributed by atoms with Crippen molar-refractivity contribution in [3.05, 3.63) is 54.0 Å². The van der Waals surface area contributed by atoms with Gasteiger partial charge in [0.15, 0.2) is 0 Å². The minimum Gasteiger partial charge on any atom is -0.326 e. The third kappa shape index (κ3) is 2.85. The summed E-state index contributed by atoms with van der Waals surface area (Å²) >= 11 is 0. The van der Waals surface area contributed by atoms with E-state index in [9.17, 15) is 4.79 Å². The van der Waals surface area contributed by atoms with Gasteiger partial charge in [-0.2, -0.15) is 0 Å². The number of anilines is 1. The van der Waals surface area contributed by atoms with E-state index < -0.39 is 0 Å². The van der Waals surface area contributed by atoms with E-state index in [0.29, 0.717) is 17.9 Å². The van der Waals surface area contributed by atoms with Crippen molar-refractivity contribution in [2.45, 2.75) is 6.54 Å². The molecule has 2 aromatic heterocycles. The molecular formula is C12H12N4O. The van der Waals surface area contributed by atoms with Crippen LogP contribution in [-0.2, 0) is 6.54 Å². The van der Waals surface area contributed by atoms with Crippen LogP contribution in [0.2, 0.25) is 0 Å². The fourth-order valence-corrected chi connectivity index (χ4v) is 1.36. The molecule has 2 rings (SSSR count). The number of amides is 1. The van der Waals surface area contributed by atoms with Crippen LogP contribution in [-0.4, -0.2) is 15.9 Å². The van der Waals surface area contributed by atoms with Gasteiger partial charge >= 0.3 is 0 Å². The van der Waals surface area contributed by atoms with E-state index in [1.807, 2.05) is 6.07 Å². The van der Waals surface area contributed by atoms with Crippen molar-refractivity contribution in [3.63, 3.8) is 0 Å². The Labute approximate surface area is 98.7 Å². The fourth-order valence-electron chi connectivity index (χ4n) is 1.36. The van der Waals surface area contributed by atoms with Crippen LogP contribution in [0.25, 0.3) is 0 Å². The first-order valence-electron chi connectivity index (χ1n) is 5.16. The lowest BCUT2D eigenvalue weighted by Crippen LogP contribution is -2.13. The first-order chi connectivity index (χ1) is 8.29. The van der Waals surface area contributed by atoms with Crippen molar-refractivity contribution >= 4 is 11.7 Å². The van der Waals surface area contributed by atoms with Crippen molar-refractivity contribution in [2.75, 3.05) is 5.32 Å². The summed E-state index contributed by atoms with van der Waals surface area (Å²) in [6.07, 6.45) is 4.75. The predicted octanol–water partition coefficient (Wildman–Crippen LogP) is 1.19. The molecule has 1 amide bonds. The highest BCUT2D eigenvalue weighted by molar-refractivity contribution is 6.03. The zero-order chi connectivity index (χ0) is 12.1. The maximum absolute atomic E-state index is 11.8. The zero-order valence-corrected chi connectivity index (χ0v) is 9.13. The molecule has 0 aliphatic carbocycles. The molecule has 0 radical (unpaired) electrons. The van der Waals surface area contributed by atoms with E-state index in [4.69, 9.17) is 5.73 Å². The molecule has 0 spiro atoms. The normalized spacial score (nSPS) is 9.94. The van der Waals surface area contributed by atoms with Crippen molar-refractivity contribution < 1.29 is 4.79 Å². The number of pyridine rings is 2. The standard InChI is InChI=1S/C12H12N4O/c13-8-9-1-6-15-11(7-9)16-12(17)10-2-4-14-5-3-10/h1-7H,8,13H2,(H,15,16,17). The van der Waals surface area contributed by atoms with Gasteiger partial charge in [0.2, 0.25) is 0 Å². The van der Waals surface area contributed by atoms with Crippen LogP contribution < -0.4 is 11.1 Å². The second-order valence-corrected chi connectivity index (χ2v) is 3.44. The molecule has 0 aromatic carbocycles. The molecule has 5 nitrogen and oxygen atoms in total. The van der Waals surface area contributed by atoms with Crippen LogP contribution in [0.1, 0.15) is 15.9 Å². The van der Waals surface area contributed by atoms with E-state index in [2.05, 4.69) is 15.3 Å². The van der Waals surface area contributed by atoms with Crippen molar-refractivity contribution in [1.82, 2.24) is 9.97 Å². The van der Waals surface area contributed by atoms with Crippen LogP contribution in [0.3, 0.4) is 0 Å². The van der Waals surface area contributed by atoms with Crippen molar-refractivity contribution in [1.29, 1.82) is 0 Å². The molecule has 3 N–H and O–H groups in total. The van der Waals surface area contributed by atoms with Gasteiger partial charge in [0.1, 0.15) is 5.82 Å². The molecular weight excluding hydrogens is 216 g/mol. The topological polar surface area (TPSA) is 80.9 Å². The second kappa shape index (κ2) is 5.18. The molecule has 0 fully saturated rings. The summed E-state index contributed by atoms with van der Waals surface area (Å²) in [7, 11) is 0. The average molecular weight is 228 g/mol. The number of nitrogens with one attached hydrogen (secondary N) is 1. The molecule has 0 atom stereocenters. The third-order valence-electron chi connectivity index (χ3n) is 2.24. The SMILES string of the molecule is NCc1ccnc(NC(=O)c2ccncc2)c1. The Balaban J connectivity index is 2.13. The van der Waals surface area contributed by atoms with Gasteiger partial charge in [-0.3, -0.25) is 9.78 Å². The summed E-state index contributed by atoms with van der Waals surface area (Å²) in [5.74, 6) is 0.281. The molecule has 0 aliphatic heterocycles. The number of rotatable bonds is 3. The molecule has 86 valence electrons. The van der Waals surface area contributed by atoms with E-state index in [1.165, 1.54) is 0 Å². The Morgan fingerprint density at radius 3 is 2.71 bits per heavy atom. The number of carbonyl (C=O) groups excluding carboxylic acids is 1. The molecule has 0 bridgehead atoms.